The van der Waals surface area contributed by atoms with Gasteiger partial charge in [-0.1, -0.05) is 38.1 Å². The fourth-order valence-electron chi connectivity index (χ4n) is 4.02. The summed E-state index contributed by atoms with van der Waals surface area (Å²) in [5.41, 5.74) is 3.53. The first-order valence-corrected chi connectivity index (χ1v) is 10.9. The second kappa shape index (κ2) is 9.29. The van der Waals surface area contributed by atoms with Crippen molar-refractivity contribution in [2.75, 3.05) is 39.8 Å². The number of likely N-dealkylation sites (N-methyl/N-ethyl adjacent to an activating group) is 1. The smallest absolute Gasteiger partial charge is 0.307 e. The molecule has 1 saturated heterocycles. The van der Waals surface area contributed by atoms with Crippen molar-refractivity contribution in [3.8, 4) is 0 Å². The lowest BCUT2D eigenvalue weighted by atomic mass is 10.0. The highest BCUT2D eigenvalue weighted by Gasteiger charge is 2.26. The molecule has 1 amide bonds. The fraction of sp³-hybridized carbons (Fsp3) is 0.565. The molecule has 2 aliphatic rings. The number of hydrogen-bond donors (Lipinski definition) is 1. The first-order chi connectivity index (χ1) is 14.5. The van der Waals surface area contributed by atoms with Gasteiger partial charge in [0.1, 0.15) is 5.76 Å². The van der Waals surface area contributed by atoms with Crippen molar-refractivity contribution in [3.05, 3.63) is 52.7 Å². The molecule has 0 bridgehead atoms. The number of fused-ring (bicyclic) bond motifs is 1. The van der Waals surface area contributed by atoms with Crippen LogP contribution in [0.3, 0.4) is 0 Å². The number of ether oxygens (including phenoxy) is 1. The Labute approximate surface area is 178 Å². The number of carbonyl (C=O) groups excluding carboxylic acids is 1. The number of nitrogens with zero attached hydrogens (tertiary/aromatic N) is 3. The maximum Gasteiger partial charge on any atom is 0.307 e. The quantitative estimate of drug-likeness (QED) is 0.786. The third-order valence-corrected chi connectivity index (χ3v) is 5.89. The van der Waals surface area contributed by atoms with E-state index in [-0.39, 0.29) is 17.9 Å². The molecule has 162 valence electrons. The van der Waals surface area contributed by atoms with Gasteiger partial charge in [0.15, 0.2) is 0 Å². The normalized spacial score (nSPS) is 20.3. The predicted octanol–water partition coefficient (Wildman–Crippen LogP) is 2.42. The van der Waals surface area contributed by atoms with Crippen LogP contribution in [-0.2, 0) is 24.2 Å². The molecular formula is C23H32N4O3. The zero-order valence-electron chi connectivity index (χ0n) is 18.2. The largest absolute Gasteiger partial charge is 0.437 e. The van der Waals surface area contributed by atoms with Crippen LogP contribution in [0.5, 0.6) is 0 Å². The van der Waals surface area contributed by atoms with Gasteiger partial charge < -0.3 is 19.4 Å². The van der Waals surface area contributed by atoms with Gasteiger partial charge in [0.2, 0.25) is 0 Å². The van der Waals surface area contributed by atoms with Crippen LogP contribution in [0, 0.1) is 0 Å². The number of nitrogens with one attached hydrogen (secondary N) is 1. The minimum Gasteiger partial charge on any atom is -0.437 e. The molecule has 0 spiro atoms. The molecule has 0 saturated carbocycles. The minimum atomic E-state index is -0.267. The number of morpholine rings is 1. The highest BCUT2D eigenvalue weighted by molar-refractivity contribution is 5.89. The summed E-state index contributed by atoms with van der Waals surface area (Å²) >= 11 is 0. The van der Waals surface area contributed by atoms with Gasteiger partial charge in [0.05, 0.1) is 18.4 Å². The number of oxazole rings is 1. The molecule has 1 aromatic carbocycles. The molecule has 1 fully saturated rings. The monoisotopic (exact) mass is 412 g/mol. The van der Waals surface area contributed by atoms with E-state index in [0.717, 1.165) is 44.1 Å². The molecule has 30 heavy (non-hydrogen) atoms. The molecule has 7 nitrogen and oxygen atoms in total. The zero-order chi connectivity index (χ0) is 21.1. The van der Waals surface area contributed by atoms with Gasteiger partial charge in [-0.15, -0.1) is 0 Å². The van der Waals surface area contributed by atoms with Crippen LogP contribution in [0.4, 0.5) is 0 Å². The van der Waals surface area contributed by atoms with E-state index in [2.05, 4.69) is 65.3 Å². The summed E-state index contributed by atoms with van der Waals surface area (Å²) in [4.78, 5) is 21.5. The average Bonchev–Trinajstić information content (AvgIpc) is 3.16. The minimum absolute atomic E-state index is 0.00913. The van der Waals surface area contributed by atoms with Gasteiger partial charge in [-0.2, -0.15) is 0 Å². The maximum atomic E-state index is 12.5. The van der Waals surface area contributed by atoms with E-state index < -0.39 is 0 Å². The number of benzene rings is 1. The Bertz CT molecular complexity index is 862. The first-order valence-electron chi connectivity index (χ1n) is 10.9. The molecule has 1 N–H and O–H groups in total. The molecule has 2 aromatic rings. The molecule has 7 heteroatoms. The number of rotatable bonds is 6. The van der Waals surface area contributed by atoms with Gasteiger partial charge in [0, 0.05) is 45.7 Å². The summed E-state index contributed by atoms with van der Waals surface area (Å²) in [5.74, 6) is 1.27. The van der Waals surface area contributed by atoms with Gasteiger partial charge in [-0.25, -0.2) is 4.98 Å². The molecule has 1 aromatic heterocycles. The van der Waals surface area contributed by atoms with E-state index in [1.54, 1.807) is 0 Å². The molecule has 2 aliphatic heterocycles. The third-order valence-electron chi connectivity index (χ3n) is 5.89. The van der Waals surface area contributed by atoms with E-state index >= 15 is 0 Å². The standard InChI is InChI=1S/C23H32N4O3/c1-16(2)18-6-4-17(5-7-18)13-27-9-8-21-20(15-27)25-23(30-21)22(28)24-12-19-14-26(3)10-11-29-19/h4-7,16,19H,8-15H2,1-3H3,(H,24,28)/t19-/m1/s1. The first kappa shape index (κ1) is 21.0. The van der Waals surface area contributed by atoms with Crippen LogP contribution in [0.15, 0.2) is 28.7 Å². The van der Waals surface area contributed by atoms with Crippen molar-refractivity contribution in [2.45, 2.75) is 45.4 Å². The van der Waals surface area contributed by atoms with Crippen molar-refractivity contribution in [1.82, 2.24) is 20.1 Å². The fourth-order valence-corrected chi connectivity index (χ4v) is 4.02. The Balaban J connectivity index is 1.32. The van der Waals surface area contributed by atoms with Crippen molar-refractivity contribution >= 4 is 5.91 Å². The molecule has 3 heterocycles. The number of carbonyl (C=O) groups is 1. The molecule has 0 unspecified atom stereocenters. The highest BCUT2D eigenvalue weighted by atomic mass is 16.5. The highest BCUT2D eigenvalue weighted by Crippen LogP contribution is 2.22. The van der Waals surface area contributed by atoms with Crippen LogP contribution in [0.25, 0.3) is 0 Å². The van der Waals surface area contributed by atoms with Crippen LogP contribution < -0.4 is 5.32 Å². The maximum absolute atomic E-state index is 12.5. The lowest BCUT2D eigenvalue weighted by molar-refractivity contribution is -0.0176. The Hall–Kier alpha value is -2.22. The SMILES string of the molecule is CC(C)c1ccc(CN2CCc3oc(C(=O)NC[C@@H]4CN(C)CCO4)nc3C2)cc1. The lowest BCUT2D eigenvalue weighted by Gasteiger charge is -2.29. The van der Waals surface area contributed by atoms with Crippen LogP contribution in [-0.4, -0.2) is 66.6 Å². The summed E-state index contributed by atoms with van der Waals surface area (Å²) in [5, 5.41) is 2.90. The summed E-state index contributed by atoms with van der Waals surface area (Å²) in [7, 11) is 2.06. The van der Waals surface area contributed by atoms with Crippen molar-refractivity contribution in [3.63, 3.8) is 0 Å². The average molecular weight is 413 g/mol. The number of hydrogen-bond acceptors (Lipinski definition) is 6. The summed E-state index contributed by atoms with van der Waals surface area (Å²) in [6.07, 6.45) is 0.783. The van der Waals surface area contributed by atoms with Gasteiger partial charge in [-0.3, -0.25) is 9.69 Å². The predicted molar refractivity (Wildman–Crippen MR) is 114 cm³/mol. The van der Waals surface area contributed by atoms with Crippen molar-refractivity contribution in [2.24, 2.45) is 0 Å². The molecule has 4 rings (SSSR count). The molecular weight excluding hydrogens is 380 g/mol. The summed E-state index contributed by atoms with van der Waals surface area (Å²) < 4.78 is 11.5. The Kier molecular flexibility index (Phi) is 6.51. The van der Waals surface area contributed by atoms with E-state index in [1.807, 2.05) is 0 Å². The Morgan fingerprint density at radius 2 is 2.07 bits per heavy atom. The summed E-state index contributed by atoms with van der Waals surface area (Å²) in [6, 6.07) is 8.83. The molecule has 0 radical (unpaired) electrons. The van der Waals surface area contributed by atoms with E-state index in [4.69, 9.17) is 9.15 Å². The second-order valence-electron chi connectivity index (χ2n) is 8.71. The lowest BCUT2D eigenvalue weighted by Crippen LogP contribution is -2.45. The molecule has 0 aliphatic carbocycles. The Morgan fingerprint density at radius 3 is 2.80 bits per heavy atom. The number of aromatic nitrogens is 1. The number of amides is 1. The van der Waals surface area contributed by atoms with E-state index in [0.29, 0.717) is 25.6 Å². The topological polar surface area (TPSA) is 70.8 Å². The van der Waals surface area contributed by atoms with Crippen LogP contribution >= 0.6 is 0 Å². The van der Waals surface area contributed by atoms with E-state index in [9.17, 15) is 4.79 Å². The van der Waals surface area contributed by atoms with Gasteiger partial charge in [-0.05, 0) is 24.1 Å². The van der Waals surface area contributed by atoms with Gasteiger partial charge in [0.25, 0.3) is 5.89 Å². The second-order valence-corrected chi connectivity index (χ2v) is 8.71. The van der Waals surface area contributed by atoms with Crippen LogP contribution in [0.1, 0.15) is 53.0 Å². The molecule has 1 atom stereocenters. The van der Waals surface area contributed by atoms with Crippen molar-refractivity contribution < 1.29 is 13.9 Å². The zero-order valence-corrected chi connectivity index (χ0v) is 18.2. The Morgan fingerprint density at radius 1 is 1.27 bits per heavy atom. The van der Waals surface area contributed by atoms with Gasteiger partial charge >= 0.3 is 5.91 Å². The van der Waals surface area contributed by atoms with Crippen molar-refractivity contribution in [1.29, 1.82) is 0 Å². The van der Waals surface area contributed by atoms with Crippen LogP contribution in [0.2, 0.25) is 0 Å². The summed E-state index contributed by atoms with van der Waals surface area (Å²) in [6.45, 7) is 9.80. The van der Waals surface area contributed by atoms with E-state index in [1.165, 1.54) is 11.1 Å². The third kappa shape index (κ3) is 5.09.